The maximum Gasteiger partial charge on any atom is 0.257 e. The molecular weight excluding hydrogens is 252 g/mol. The summed E-state index contributed by atoms with van der Waals surface area (Å²) in [6.45, 7) is 4.01. The number of hydrogen-bond donors (Lipinski definition) is 1. The standard InChI is InChI=1S/C15H26N4O/c1-5-6-7-8-9-10-12-13(14(20)19(3)4)11(2)17-15(16)18-12/h5-10H2,1-4H3,(H2,16,17,18). The predicted molar refractivity (Wildman–Crippen MR) is 81.7 cm³/mol. The molecule has 0 aliphatic heterocycles. The van der Waals surface area contributed by atoms with Crippen LogP contribution in [0.5, 0.6) is 0 Å². The second kappa shape index (κ2) is 7.82. The Labute approximate surface area is 121 Å². The van der Waals surface area contributed by atoms with Crippen molar-refractivity contribution >= 4 is 11.9 Å². The van der Waals surface area contributed by atoms with Gasteiger partial charge in [-0.05, 0) is 19.8 Å². The molecule has 0 aliphatic rings. The second-order valence-electron chi connectivity index (χ2n) is 5.35. The zero-order valence-electron chi connectivity index (χ0n) is 13.1. The molecule has 0 saturated carbocycles. The van der Waals surface area contributed by atoms with E-state index in [2.05, 4.69) is 16.9 Å². The summed E-state index contributed by atoms with van der Waals surface area (Å²) in [6.07, 6.45) is 6.69. The number of rotatable bonds is 7. The third-order valence-corrected chi connectivity index (χ3v) is 3.32. The SMILES string of the molecule is CCCCCCCc1nc(N)nc(C)c1C(=O)N(C)C. The molecule has 0 aliphatic carbocycles. The normalized spacial score (nSPS) is 10.6. The van der Waals surface area contributed by atoms with Gasteiger partial charge >= 0.3 is 0 Å². The number of amides is 1. The summed E-state index contributed by atoms with van der Waals surface area (Å²) >= 11 is 0. The van der Waals surface area contributed by atoms with Crippen LogP contribution in [-0.2, 0) is 6.42 Å². The highest BCUT2D eigenvalue weighted by molar-refractivity contribution is 5.96. The van der Waals surface area contributed by atoms with Crippen LogP contribution in [0.4, 0.5) is 5.95 Å². The summed E-state index contributed by atoms with van der Waals surface area (Å²) in [6, 6.07) is 0. The molecule has 0 saturated heterocycles. The van der Waals surface area contributed by atoms with Crippen molar-refractivity contribution in [1.82, 2.24) is 14.9 Å². The molecule has 2 N–H and O–H groups in total. The molecule has 20 heavy (non-hydrogen) atoms. The number of unbranched alkanes of at least 4 members (excludes halogenated alkanes) is 4. The van der Waals surface area contributed by atoms with Crippen molar-refractivity contribution in [3.63, 3.8) is 0 Å². The molecule has 112 valence electrons. The van der Waals surface area contributed by atoms with Gasteiger partial charge < -0.3 is 10.6 Å². The van der Waals surface area contributed by atoms with Crippen LogP contribution >= 0.6 is 0 Å². The maximum atomic E-state index is 12.2. The Morgan fingerprint density at radius 1 is 1.15 bits per heavy atom. The Bertz CT molecular complexity index is 457. The number of carbonyl (C=O) groups is 1. The van der Waals surface area contributed by atoms with Gasteiger partial charge in [0.05, 0.1) is 17.0 Å². The van der Waals surface area contributed by atoms with Crippen molar-refractivity contribution in [2.75, 3.05) is 19.8 Å². The lowest BCUT2D eigenvalue weighted by Gasteiger charge is -2.15. The van der Waals surface area contributed by atoms with E-state index < -0.39 is 0 Å². The number of nitrogen functional groups attached to an aromatic ring is 1. The molecule has 1 aromatic rings. The van der Waals surface area contributed by atoms with Crippen LogP contribution in [-0.4, -0.2) is 34.9 Å². The van der Waals surface area contributed by atoms with Gasteiger partial charge in [0.25, 0.3) is 5.91 Å². The molecule has 0 radical (unpaired) electrons. The van der Waals surface area contributed by atoms with Crippen molar-refractivity contribution in [3.8, 4) is 0 Å². The van der Waals surface area contributed by atoms with Gasteiger partial charge in [-0.15, -0.1) is 0 Å². The third-order valence-electron chi connectivity index (χ3n) is 3.32. The third kappa shape index (κ3) is 4.47. The molecular formula is C15H26N4O. The summed E-state index contributed by atoms with van der Waals surface area (Å²) < 4.78 is 0. The summed E-state index contributed by atoms with van der Waals surface area (Å²) in [4.78, 5) is 22.2. The zero-order valence-corrected chi connectivity index (χ0v) is 13.1. The molecule has 5 nitrogen and oxygen atoms in total. The smallest absolute Gasteiger partial charge is 0.257 e. The molecule has 0 bridgehead atoms. The van der Waals surface area contributed by atoms with Crippen LogP contribution in [0.15, 0.2) is 0 Å². The topological polar surface area (TPSA) is 72.1 Å². The second-order valence-corrected chi connectivity index (χ2v) is 5.35. The minimum Gasteiger partial charge on any atom is -0.368 e. The van der Waals surface area contributed by atoms with Gasteiger partial charge in [-0.1, -0.05) is 32.6 Å². The van der Waals surface area contributed by atoms with Crippen LogP contribution in [0.3, 0.4) is 0 Å². The van der Waals surface area contributed by atoms with E-state index in [4.69, 9.17) is 5.73 Å². The van der Waals surface area contributed by atoms with Crippen LogP contribution in [0.25, 0.3) is 0 Å². The van der Waals surface area contributed by atoms with Crippen molar-refractivity contribution in [2.45, 2.75) is 52.4 Å². The average molecular weight is 278 g/mol. The van der Waals surface area contributed by atoms with Crippen molar-refractivity contribution in [3.05, 3.63) is 17.0 Å². The first-order valence-electron chi connectivity index (χ1n) is 7.32. The number of nitrogens with zero attached hydrogens (tertiary/aromatic N) is 3. The number of hydrogen-bond acceptors (Lipinski definition) is 4. The molecule has 0 unspecified atom stereocenters. The molecule has 0 atom stereocenters. The highest BCUT2D eigenvalue weighted by Gasteiger charge is 2.19. The number of anilines is 1. The van der Waals surface area contributed by atoms with E-state index >= 15 is 0 Å². The van der Waals surface area contributed by atoms with Gasteiger partial charge in [0.1, 0.15) is 0 Å². The summed E-state index contributed by atoms with van der Waals surface area (Å²) in [5, 5.41) is 0. The van der Waals surface area contributed by atoms with Gasteiger partial charge in [-0.2, -0.15) is 0 Å². The predicted octanol–water partition coefficient (Wildman–Crippen LogP) is 2.58. The molecule has 1 amide bonds. The Balaban J connectivity index is 2.85. The first-order valence-corrected chi connectivity index (χ1v) is 7.32. The molecule has 5 heteroatoms. The number of carbonyl (C=O) groups excluding carboxylic acids is 1. The van der Waals surface area contributed by atoms with Gasteiger partial charge in [0, 0.05) is 14.1 Å². The van der Waals surface area contributed by atoms with Gasteiger partial charge in [0.2, 0.25) is 5.95 Å². The lowest BCUT2D eigenvalue weighted by molar-refractivity contribution is 0.0824. The van der Waals surface area contributed by atoms with Gasteiger partial charge in [-0.3, -0.25) is 4.79 Å². The number of aryl methyl sites for hydroxylation is 2. The van der Waals surface area contributed by atoms with E-state index in [0.29, 0.717) is 11.3 Å². The van der Waals surface area contributed by atoms with Gasteiger partial charge in [-0.25, -0.2) is 9.97 Å². The maximum absolute atomic E-state index is 12.2. The van der Waals surface area contributed by atoms with E-state index in [1.165, 1.54) is 19.3 Å². The quantitative estimate of drug-likeness (QED) is 0.778. The Kier molecular flexibility index (Phi) is 6.42. The lowest BCUT2D eigenvalue weighted by Crippen LogP contribution is -2.25. The van der Waals surface area contributed by atoms with E-state index in [9.17, 15) is 4.79 Å². The molecule has 0 aromatic carbocycles. The lowest BCUT2D eigenvalue weighted by atomic mass is 10.0. The fraction of sp³-hybridized carbons (Fsp3) is 0.667. The average Bonchev–Trinajstić information content (AvgIpc) is 2.37. The van der Waals surface area contributed by atoms with Crippen molar-refractivity contribution in [2.24, 2.45) is 0 Å². The molecule has 0 spiro atoms. The summed E-state index contributed by atoms with van der Waals surface area (Å²) in [5.74, 6) is 0.201. The summed E-state index contributed by atoms with van der Waals surface area (Å²) in [7, 11) is 3.48. The Morgan fingerprint density at radius 3 is 2.40 bits per heavy atom. The first kappa shape index (κ1) is 16.4. The van der Waals surface area contributed by atoms with Crippen molar-refractivity contribution in [1.29, 1.82) is 0 Å². The highest BCUT2D eigenvalue weighted by atomic mass is 16.2. The zero-order chi connectivity index (χ0) is 15.1. The van der Waals surface area contributed by atoms with E-state index in [-0.39, 0.29) is 11.9 Å². The van der Waals surface area contributed by atoms with Crippen LogP contribution in [0.1, 0.15) is 60.8 Å². The largest absolute Gasteiger partial charge is 0.368 e. The Morgan fingerprint density at radius 2 is 1.80 bits per heavy atom. The minimum atomic E-state index is -0.0499. The number of nitrogens with two attached hydrogens (primary N) is 1. The molecule has 0 fully saturated rings. The fourth-order valence-corrected chi connectivity index (χ4v) is 2.23. The number of aromatic nitrogens is 2. The molecule has 1 aromatic heterocycles. The van der Waals surface area contributed by atoms with E-state index in [1.807, 2.05) is 6.92 Å². The molecule has 1 rings (SSSR count). The minimum absolute atomic E-state index is 0.0499. The van der Waals surface area contributed by atoms with Crippen LogP contribution in [0, 0.1) is 6.92 Å². The first-order chi connectivity index (χ1) is 9.47. The van der Waals surface area contributed by atoms with Crippen LogP contribution < -0.4 is 5.73 Å². The Hall–Kier alpha value is -1.65. The summed E-state index contributed by atoms with van der Waals surface area (Å²) in [5.41, 5.74) is 7.77. The fourth-order valence-electron chi connectivity index (χ4n) is 2.23. The van der Waals surface area contributed by atoms with Gasteiger partial charge in [0.15, 0.2) is 0 Å². The van der Waals surface area contributed by atoms with E-state index in [1.54, 1.807) is 19.0 Å². The van der Waals surface area contributed by atoms with Crippen LogP contribution in [0.2, 0.25) is 0 Å². The highest BCUT2D eigenvalue weighted by Crippen LogP contribution is 2.17. The van der Waals surface area contributed by atoms with Crippen molar-refractivity contribution < 1.29 is 4.79 Å². The van der Waals surface area contributed by atoms with E-state index in [0.717, 1.165) is 25.0 Å². The monoisotopic (exact) mass is 278 g/mol. The molecule has 1 heterocycles.